The smallest absolute Gasteiger partial charge is 0.191 e. The highest BCUT2D eigenvalue weighted by Crippen LogP contribution is 2.30. The number of guanidine groups is 1. The number of para-hydroxylation sites is 1. The molecule has 152 valence electrons. The van der Waals surface area contributed by atoms with E-state index in [0.717, 1.165) is 48.5 Å². The van der Waals surface area contributed by atoms with Crippen molar-refractivity contribution in [3.63, 3.8) is 0 Å². The van der Waals surface area contributed by atoms with Gasteiger partial charge in [0, 0.05) is 25.1 Å². The zero-order chi connectivity index (χ0) is 19.0. The molecule has 0 aliphatic heterocycles. The van der Waals surface area contributed by atoms with E-state index in [4.69, 9.17) is 9.41 Å². The first-order chi connectivity index (χ1) is 12.6. The summed E-state index contributed by atoms with van der Waals surface area (Å²) in [6.45, 7) is 10.2. The third kappa shape index (κ3) is 6.38. The van der Waals surface area contributed by atoms with Gasteiger partial charge in [0.15, 0.2) is 5.96 Å². The number of nitrogens with zero attached hydrogens (tertiary/aromatic N) is 1. The molecule has 0 aliphatic rings. The molecule has 27 heavy (non-hydrogen) atoms. The second-order valence-corrected chi connectivity index (χ2v) is 6.93. The third-order valence-corrected chi connectivity index (χ3v) is 5.28. The van der Waals surface area contributed by atoms with E-state index < -0.39 is 0 Å². The molecule has 0 saturated carbocycles. The molecule has 0 amide bonds. The fraction of sp³-hybridized carbons (Fsp3) is 0.571. The van der Waals surface area contributed by atoms with Crippen LogP contribution in [0.15, 0.2) is 39.7 Å². The molecule has 1 heterocycles. The molecule has 0 fully saturated rings. The Morgan fingerprint density at radius 1 is 1.22 bits per heavy atom. The molecule has 3 N–H and O–H groups in total. The first-order valence-electron chi connectivity index (χ1n) is 9.71. The Morgan fingerprint density at radius 2 is 1.93 bits per heavy atom. The first kappa shape index (κ1) is 23.8. The van der Waals surface area contributed by atoms with Gasteiger partial charge < -0.3 is 20.2 Å². The molecular formula is C21H34IN3O2. The average molecular weight is 487 g/mol. The molecule has 0 radical (unpaired) electrons. The standard InChI is InChI=1S/C21H33N3O2.HI/c1-5-21(6-2,12-13-25)15-23-20(22-7-3)24-16(4)19-14-17-10-8-9-11-18(17)26-19;/h8-11,14,16,25H,5-7,12-13,15H2,1-4H3,(H2,22,23,24);1H. The van der Waals surface area contributed by atoms with Crippen molar-refractivity contribution in [3.05, 3.63) is 36.1 Å². The zero-order valence-corrected chi connectivity index (χ0v) is 19.2. The number of benzene rings is 1. The molecule has 2 aromatic rings. The van der Waals surface area contributed by atoms with E-state index in [1.165, 1.54) is 0 Å². The summed E-state index contributed by atoms with van der Waals surface area (Å²) < 4.78 is 5.96. The summed E-state index contributed by atoms with van der Waals surface area (Å²) in [7, 11) is 0. The van der Waals surface area contributed by atoms with E-state index >= 15 is 0 Å². The van der Waals surface area contributed by atoms with Gasteiger partial charge in [-0.25, -0.2) is 0 Å². The monoisotopic (exact) mass is 487 g/mol. The van der Waals surface area contributed by atoms with Crippen molar-refractivity contribution in [3.8, 4) is 0 Å². The van der Waals surface area contributed by atoms with Crippen molar-refractivity contribution >= 4 is 40.9 Å². The number of fused-ring (bicyclic) bond motifs is 1. The fourth-order valence-electron chi connectivity index (χ4n) is 3.20. The molecule has 0 spiro atoms. The molecule has 1 aromatic carbocycles. The van der Waals surface area contributed by atoms with Gasteiger partial charge in [-0.15, -0.1) is 24.0 Å². The van der Waals surface area contributed by atoms with Crippen molar-refractivity contribution in [2.45, 2.75) is 53.0 Å². The van der Waals surface area contributed by atoms with E-state index in [-0.39, 0.29) is 42.0 Å². The second kappa shape index (κ2) is 11.5. The normalized spacial score (nSPS) is 13.3. The molecule has 0 aliphatic carbocycles. The Balaban J connectivity index is 0.00000364. The van der Waals surface area contributed by atoms with Crippen LogP contribution in [-0.4, -0.2) is 30.8 Å². The van der Waals surface area contributed by atoms with Crippen molar-refractivity contribution in [1.29, 1.82) is 0 Å². The Bertz CT molecular complexity index is 677. The Morgan fingerprint density at radius 3 is 2.52 bits per heavy atom. The van der Waals surface area contributed by atoms with Gasteiger partial charge in [0.2, 0.25) is 0 Å². The number of furan rings is 1. The highest BCUT2D eigenvalue weighted by atomic mass is 127. The summed E-state index contributed by atoms with van der Waals surface area (Å²) in [4.78, 5) is 4.81. The number of aliphatic imine (C=N–C) groups is 1. The van der Waals surface area contributed by atoms with E-state index in [2.05, 4.69) is 50.5 Å². The maximum absolute atomic E-state index is 9.40. The summed E-state index contributed by atoms with van der Waals surface area (Å²) in [6.07, 6.45) is 2.79. The van der Waals surface area contributed by atoms with Gasteiger partial charge in [-0.1, -0.05) is 32.0 Å². The van der Waals surface area contributed by atoms with Crippen molar-refractivity contribution in [1.82, 2.24) is 10.6 Å². The van der Waals surface area contributed by atoms with Crippen LogP contribution in [0, 0.1) is 5.41 Å². The van der Waals surface area contributed by atoms with Crippen LogP contribution in [0.1, 0.15) is 58.8 Å². The summed E-state index contributed by atoms with van der Waals surface area (Å²) in [5.41, 5.74) is 0.955. The summed E-state index contributed by atoms with van der Waals surface area (Å²) in [5.74, 6) is 1.68. The Kier molecular flexibility index (Phi) is 10.2. The maximum Gasteiger partial charge on any atom is 0.191 e. The lowest BCUT2D eigenvalue weighted by Gasteiger charge is -2.29. The topological polar surface area (TPSA) is 69.8 Å². The summed E-state index contributed by atoms with van der Waals surface area (Å²) in [6, 6.07) is 10.1. The third-order valence-electron chi connectivity index (χ3n) is 5.28. The lowest BCUT2D eigenvalue weighted by Crippen LogP contribution is -2.39. The van der Waals surface area contributed by atoms with Crippen LogP contribution in [0.2, 0.25) is 0 Å². The Labute approximate surface area is 180 Å². The van der Waals surface area contributed by atoms with Crippen LogP contribution >= 0.6 is 24.0 Å². The van der Waals surface area contributed by atoms with Crippen LogP contribution in [0.3, 0.4) is 0 Å². The molecule has 1 unspecified atom stereocenters. The predicted octanol–water partition coefficient (Wildman–Crippen LogP) is 4.86. The lowest BCUT2D eigenvalue weighted by molar-refractivity contribution is 0.175. The minimum atomic E-state index is 0. The number of nitrogens with one attached hydrogen (secondary N) is 2. The number of aliphatic hydroxyl groups excluding tert-OH is 1. The number of hydrogen-bond donors (Lipinski definition) is 3. The molecular weight excluding hydrogens is 453 g/mol. The van der Waals surface area contributed by atoms with Crippen LogP contribution in [-0.2, 0) is 0 Å². The lowest BCUT2D eigenvalue weighted by atomic mass is 9.79. The van der Waals surface area contributed by atoms with Gasteiger partial charge in [0.1, 0.15) is 11.3 Å². The molecule has 0 bridgehead atoms. The largest absolute Gasteiger partial charge is 0.459 e. The van der Waals surface area contributed by atoms with Gasteiger partial charge in [0.25, 0.3) is 0 Å². The highest BCUT2D eigenvalue weighted by Gasteiger charge is 2.25. The Hall–Kier alpha value is -1.28. The molecule has 6 heteroatoms. The molecule has 0 saturated heterocycles. The maximum atomic E-state index is 9.40. The summed E-state index contributed by atoms with van der Waals surface area (Å²) >= 11 is 0. The average Bonchev–Trinajstić information content (AvgIpc) is 3.09. The van der Waals surface area contributed by atoms with Crippen molar-refractivity contribution < 1.29 is 9.52 Å². The summed E-state index contributed by atoms with van der Waals surface area (Å²) in [5, 5.41) is 17.3. The SMILES string of the molecule is CCNC(=NCC(CC)(CC)CCO)NC(C)c1cc2ccccc2o1.I. The van der Waals surface area contributed by atoms with Crippen molar-refractivity contribution in [2.75, 3.05) is 19.7 Å². The fourth-order valence-corrected chi connectivity index (χ4v) is 3.20. The quantitative estimate of drug-likeness (QED) is 0.269. The molecule has 5 nitrogen and oxygen atoms in total. The number of rotatable bonds is 9. The van der Waals surface area contributed by atoms with Gasteiger partial charge in [-0.3, -0.25) is 4.99 Å². The number of aliphatic hydroxyl groups is 1. The minimum absolute atomic E-state index is 0. The second-order valence-electron chi connectivity index (χ2n) is 6.93. The van der Waals surface area contributed by atoms with Gasteiger partial charge >= 0.3 is 0 Å². The van der Waals surface area contributed by atoms with Crippen LogP contribution in [0.5, 0.6) is 0 Å². The highest BCUT2D eigenvalue weighted by molar-refractivity contribution is 14.0. The van der Waals surface area contributed by atoms with Crippen LogP contribution in [0.25, 0.3) is 11.0 Å². The van der Waals surface area contributed by atoms with E-state index in [9.17, 15) is 5.11 Å². The first-order valence-corrected chi connectivity index (χ1v) is 9.71. The molecule has 1 atom stereocenters. The van der Waals surface area contributed by atoms with Crippen LogP contribution in [0.4, 0.5) is 0 Å². The molecule has 1 aromatic heterocycles. The minimum Gasteiger partial charge on any atom is -0.459 e. The number of halogens is 1. The van der Waals surface area contributed by atoms with E-state index in [0.29, 0.717) is 6.54 Å². The predicted molar refractivity (Wildman–Crippen MR) is 124 cm³/mol. The van der Waals surface area contributed by atoms with Crippen molar-refractivity contribution in [2.24, 2.45) is 10.4 Å². The van der Waals surface area contributed by atoms with Gasteiger partial charge in [0.05, 0.1) is 6.04 Å². The van der Waals surface area contributed by atoms with Gasteiger partial charge in [-0.05, 0) is 50.7 Å². The van der Waals surface area contributed by atoms with Crippen LogP contribution < -0.4 is 10.6 Å². The zero-order valence-electron chi connectivity index (χ0n) is 16.9. The van der Waals surface area contributed by atoms with Gasteiger partial charge in [-0.2, -0.15) is 0 Å². The van der Waals surface area contributed by atoms with E-state index in [1.54, 1.807) is 0 Å². The van der Waals surface area contributed by atoms with E-state index in [1.807, 2.05) is 18.2 Å². The molecule has 2 rings (SSSR count). The number of hydrogen-bond acceptors (Lipinski definition) is 3.